The smallest absolute Gasteiger partial charge is 0.153 e. The molecule has 0 atom stereocenters. The molecule has 2 aromatic heterocycles. The number of thiazole rings is 1. The van der Waals surface area contributed by atoms with E-state index in [2.05, 4.69) is 72.2 Å². The normalized spacial score (nSPS) is 12.2. The molecule has 7 rings (SSSR count). The highest BCUT2D eigenvalue weighted by Crippen LogP contribution is 2.43. The molecule has 4 nitrogen and oxygen atoms in total. The molecule has 1 aliphatic heterocycles. The van der Waals surface area contributed by atoms with Gasteiger partial charge >= 0.3 is 0 Å². The minimum Gasteiger partial charge on any atom is -0.453 e. The lowest BCUT2D eigenvalue weighted by molar-refractivity contribution is 0.474. The van der Waals surface area contributed by atoms with Crippen LogP contribution in [0.25, 0.3) is 48.6 Å². The van der Waals surface area contributed by atoms with Crippen molar-refractivity contribution < 1.29 is 4.74 Å². The van der Waals surface area contributed by atoms with Gasteiger partial charge in [-0.1, -0.05) is 55.5 Å². The van der Waals surface area contributed by atoms with Gasteiger partial charge in [0.15, 0.2) is 11.5 Å². The van der Waals surface area contributed by atoms with Crippen molar-refractivity contribution in [2.45, 2.75) is 13.3 Å². The van der Waals surface area contributed by atoms with Crippen molar-refractivity contribution in [1.82, 2.24) is 14.5 Å². The fourth-order valence-corrected chi connectivity index (χ4v) is 5.57. The zero-order chi connectivity index (χ0) is 21.9. The SMILES string of the molecule is CCc1nc2cccc3c2n1-c1cc(-c2ccc(-c4nc5ccccc5s4)cc2)ccc1O3. The van der Waals surface area contributed by atoms with Crippen LogP contribution in [0.1, 0.15) is 12.7 Å². The Morgan fingerprint density at radius 3 is 2.39 bits per heavy atom. The maximum atomic E-state index is 6.24. The molecule has 0 N–H and O–H groups in total. The number of ether oxygens (including phenoxy) is 1. The Bertz CT molecular complexity index is 1640. The Hall–Kier alpha value is -3.96. The van der Waals surface area contributed by atoms with Crippen LogP contribution in [0, 0.1) is 0 Å². The first-order chi connectivity index (χ1) is 16.3. The number of hydrogen-bond donors (Lipinski definition) is 0. The zero-order valence-electron chi connectivity index (χ0n) is 17.9. The average molecular weight is 446 g/mol. The topological polar surface area (TPSA) is 39.9 Å². The van der Waals surface area contributed by atoms with Crippen molar-refractivity contribution in [3.05, 3.63) is 90.8 Å². The average Bonchev–Trinajstić information content (AvgIpc) is 3.47. The maximum absolute atomic E-state index is 6.24. The van der Waals surface area contributed by atoms with Gasteiger partial charge in [-0.3, -0.25) is 4.57 Å². The van der Waals surface area contributed by atoms with Crippen LogP contribution in [0.15, 0.2) is 84.9 Å². The van der Waals surface area contributed by atoms with Gasteiger partial charge in [-0.2, -0.15) is 0 Å². The standard InChI is InChI=1S/C28H19N3OS/c1-2-26-29-21-7-5-8-24-27(21)31(26)22-16-19(14-15-23(22)32-24)17-10-12-18(13-11-17)28-30-20-6-3-4-9-25(20)33-28/h3-16H,2H2,1H3. The molecule has 4 aromatic carbocycles. The first-order valence-electron chi connectivity index (χ1n) is 11.1. The summed E-state index contributed by atoms with van der Waals surface area (Å²) in [6, 6.07) is 29.4. The van der Waals surface area contributed by atoms with E-state index in [0.29, 0.717) is 0 Å². The fourth-order valence-electron chi connectivity index (χ4n) is 4.60. The van der Waals surface area contributed by atoms with Crippen molar-refractivity contribution in [2.24, 2.45) is 0 Å². The van der Waals surface area contributed by atoms with Gasteiger partial charge in [0.1, 0.15) is 16.3 Å². The quantitative estimate of drug-likeness (QED) is 0.281. The third-order valence-corrected chi connectivity index (χ3v) is 7.29. The highest BCUT2D eigenvalue weighted by molar-refractivity contribution is 7.21. The van der Waals surface area contributed by atoms with E-state index in [1.54, 1.807) is 11.3 Å². The minimum absolute atomic E-state index is 0.856. The molecular weight excluding hydrogens is 426 g/mol. The van der Waals surface area contributed by atoms with Crippen LogP contribution in [-0.2, 0) is 6.42 Å². The maximum Gasteiger partial charge on any atom is 0.153 e. The Morgan fingerprint density at radius 2 is 1.55 bits per heavy atom. The van der Waals surface area contributed by atoms with Crippen LogP contribution in [0.2, 0.25) is 0 Å². The fraction of sp³-hybridized carbons (Fsp3) is 0.0714. The number of imidazole rings is 1. The van der Waals surface area contributed by atoms with Crippen molar-refractivity contribution in [3.63, 3.8) is 0 Å². The second kappa shape index (κ2) is 7.02. The number of rotatable bonds is 3. The number of aromatic nitrogens is 3. The second-order valence-electron chi connectivity index (χ2n) is 8.19. The summed E-state index contributed by atoms with van der Waals surface area (Å²) in [7, 11) is 0. The Kier molecular flexibility index (Phi) is 3.96. The van der Waals surface area contributed by atoms with Crippen LogP contribution in [0.5, 0.6) is 11.5 Å². The van der Waals surface area contributed by atoms with Crippen LogP contribution in [0.4, 0.5) is 0 Å². The van der Waals surface area contributed by atoms with Gasteiger partial charge in [-0.15, -0.1) is 11.3 Å². The summed E-state index contributed by atoms with van der Waals surface area (Å²) >= 11 is 1.73. The van der Waals surface area contributed by atoms with Crippen molar-refractivity contribution in [2.75, 3.05) is 0 Å². The third kappa shape index (κ3) is 2.82. The van der Waals surface area contributed by atoms with Crippen molar-refractivity contribution >= 4 is 32.6 Å². The molecule has 1 aliphatic rings. The highest BCUT2D eigenvalue weighted by atomic mass is 32.1. The Morgan fingerprint density at radius 1 is 0.758 bits per heavy atom. The summed E-state index contributed by atoms with van der Waals surface area (Å²) in [6.07, 6.45) is 0.856. The van der Waals surface area contributed by atoms with Crippen molar-refractivity contribution in [3.8, 4) is 38.9 Å². The summed E-state index contributed by atoms with van der Waals surface area (Å²) in [5.74, 6) is 2.77. The monoisotopic (exact) mass is 445 g/mol. The molecule has 5 heteroatoms. The Balaban J connectivity index is 1.31. The molecule has 0 saturated heterocycles. The number of benzene rings is 4. The summed E-state index contributed by atoms with van der Waals surface area (Å²) in [5, 5.41) is 1.05. The van der Waals surface area contributed by atoms with E-state index in [1.807, 2.05) is 24.3 Å². The molecular formula is C28H19N3OS. The molecule has 6 aromatic rings. The molecule has 0 bridgehead atoms. The zero-order valence-corrected chi connectivity index (χ0v) is 18.8. The van der Waals surface area contributed by atoms with Gasteiger partial charge < -0.3 is 4.74 Å². The van der Waals surface area contributed by atoms with Gasteiger partial charge in [0.05, 0.1) is 21.4 Å². The van der Waals surface area contributed by atoms with Crippen LogP contribution < -0.4 is 4.74 Å². The molecule has 0 amide bonds. The lowest BCUT2D eigenvalue weighted by atomic mass is 10.0. The molecule has 0 saturated carbocycles. The summed E-state index contributed by atoms with van der Waals surface area (Å²) in [4.78, 5) is 9.64. The summed E-state index contributed by atoms with van der Waals surface area (Å²) < 4.78 is 9.70. The van der Waals surface area contributed by atoms with Gasteiger partial charge in [-0.05, 0) is 47.5 Å². The first kappa shape index (κ1) is 18.6. The second-order valence-corrected chi connectivity index (χ2v) is 9.22. The van der Waals surface area contributed by atoms with Gasteiger partial charge in [-0.25, -0.2) is 9.97 Å². The molecule has 0 spiro atoms. The van der Waals surface area contributed by atoms with Crippen molar-refractivity contribution in [1.29, 1.82) is 0 Å². The molecule has 0 fully saturated rings. The molecule has 3 heterocycles. The van der Waals surface area contributed by atoms with Crippen LogP contribution in [0.3, 0.4) is 0 Å². The van der Waals surface area contributed by atoms with Gasteiger partial charge in [0.2, 0.25) is 0 Å². The first-order valence-corrected chi connectivity index (χ1v) is 11.9. The van der Waals surface area contributed by atoms with Gasteiger partial charge in [0.25, 0.3) is 0 Å². The van der Waals surface area contributed by atoms with Gasteiger partial charge in [0, 0.05) is 12.0 Å². The summed E-state index contributed by atoms with van der Waals surface area (Å²) in [5.41, 5.74) is 7.56. The van der Waals surface area contributed by atoms with Crippen LogP contribution >= 0.6 is 11.3 Å². The molecule has 0 radical (unpaired) electrons. The van der Waals surface area contributed by atoms with E-state index in [0.717, 1.165) is 67.7 Å². The van der Waals surface area contributed by atoms with E-state index in [9.17, 15) is 0 Å². The molecule has 33 heavy (non-hydrogen) atoms. The molecule has 0 unspecified atom stereocenters. The van der Waals surface area contributed by atoms with E-state index in [-0.39, 0.29) is 0 Å². The summed E-state index contributed by atoms with van der Waals surface area (Å²) in [6.45, 7) is 2.14. The number of nitrogens with zero attached hydrogens (tertiary/aromatic N) is 3. The number of aryl methyl sites for hydroxylation is 1. The predicted molar refractivity (Wildman–Crippen MR) is 135 cm³/mol. The molecule has 0 aliphatic carbocycles. The largest absolute Gasteiger partial charge is 0.453 e. The van der Waals surface area contributed by atoms with E-state index in [1.165, 1.54) is 4.70 Å². The number of fused-ring (bicyclic) bond motifs is 3. The lowest BCUT2D eigenvalue weighted by Gasteiger charge is -2.21. The number of hydrogen-bond acceptors (Lipinski definition) is 4. The van der Waals surface area contributed by atoms with E-state index < -0.39 is 0 Å². The van der Waals surface area contributed by atoms with E-state index >= 15 is 0 Å². The third-order valence-electron chi connectivity index (χ3n) is 6.20. The van der Waals surface area contributed by atoms with E-state index in [4.69, 9.17) is 14.7 Å². The molecule has 158 valence electrons. The lowest BCUT2D eigenvalue weighted by Crippen LogP contribution is -2.07. The predicted octanol–water partition coefficient (Wildman–Crippen LogP) is 7.64. The Labute approximate surface area is 194 Å². The highest BCUT2D eigenvalue weighted by Gasteiger charge is 2.24. The minimum atomic E-state index is 0.856. The van der Waals surface area contributed by atoms with Crippen LogP contribution in [-0.4, -0.2) is 14.5 Å². The number of para-hydroxylation sites is 2.